The number of aromatic amines is 1. The number of nitrogens with one attached hydrogen (secondary N) is 2. The van der Waals surface area contributed by atoms with Gasteiger partial charge in [0, 0.05) is 36.2 Å². The zero-order chi connectivity index (χ0) is 25.9. The van der Waals surface area contributed by atoms with E-state index in [1.54, 1.807) is 25.1 Å². The molecule has 14 heteroatoms. The number of hydrogen-bond donors (Lipinski definition) is 4. The Hall–Kier alpha value is -3.33. The van der Waals surface area contributed by atoms with Gasteiger partial charge in [0.25, 0.3) is 20.9 Å². The fourth-order valence-electron chi connectivity index (χ4n) is 3.77. The average Bonchev–Trinajstić information content (AvgIpc) is 3.17. The van der Waals surface area contributed by atoms with E-state index in [1.807, 2.05) is 6.92 Å². The summed E-state index contributed by atoms with van der Waals surface area (Å²) in [6.07, 6.45) is 0. The maximum absolute atomic E-state index is 11.7. The van der Waals surface area contributed by atoms with Crippen LogP contribution < -0.4 is 15.0 Å². The fourth-order valence-corrected chi connectivity index (χ4v) is 6.10. The van der Waals surface area contributed by atoms with Crippen molar-refractivity contribution in [2.45, 2.75) is 31.0 Å². The number of ether oxygens (including phenoxy) is 1. The highest BCUT2D eigenvalue weighted by atomic mass is 32.2. The normalized spacial score (nSPS) is 15.2. The Balaban J connectivity index is 1.68. The van der Waals surface area contributed by atoms with Crippen molar-refractivity contribution in [1.29, 1.82) is 0 Å². The maximum atomic E-state index is 11.7. The van der Waals surface area contributed by atoms with Gasteiger partial charge in [-0.1, -0.05) is 12.1 Å². The second-order valence-corrected chi connectivity index (χ2v) is 11.5. The zero-order valence-electron chi connectivity index (χ0n) is 19.8. The Bertz CT molecular complexity index is 1430. The van der Waals surface area contributed by atoms with E-state index in [1.165, 1.54) is 12.1 Å². The molecule has 12 nitrogen and oxygen atoms in total. The average molecular weight is 536 g/mol. The molecule has 4 N–H and O–H groups in total. The standard InChI is InChI=1S/C22H26N6O6S2/c1-3-35-19(20(29)30)14(2)24-22(35)27-21-25-17(12-18(26-21)28-8-10-34-11-9-28)23-13-15-4-6-16(7-5-15)36(31,32)33/h4-7,12H,3,8-11,13H2,1-2H3,(H3-,23,24,25,26,27,29,30,31,32,33)/p+1. The molecule has 3 heterocycles. The summed E-state index contributed by atoms with van der Waals surface area (Å²) in [7, 11) is -4.98. The fraction of sp³-hybridized carbons (Fsp3) is 0.364. The number of aryl methyl sites for hydroxylation is 1. The summed E-state index contributed by atoms with van der Waals surface area (Å²) in [6.45, 7) is 6.42. The van der Waals surface area contributed by atoms with Crippen LogP contribution in [-0.2, 0) is 27.2 Å². The lowest BCUT2D eigenvalue weighted by Gasteiger charge is -2.28. The highest BCUT2D eigenvalue weighted by Gasteiger charge is 2.27. The predicted molar refractivity (Wildman–Crippen MR) is 135 cm³/mol. The highest BCUT2D eigenvalue weighted by Crippen LogP contribution is 2.25. The molecule has 1 unspecified atom stereocenters. The van der Waals surface area contributed by atoms with Gasteiger partial charge in [0.1, 0.15) is 17.4 Å². The Morgan fingerprint density at radius 2 is 1.94 bits per heavy atom. The highest BCUT2D eigenvalue weighted by molar-refractivity contribution is 7.85. The van der Waals surface area contributed by atoms with E-state index >= 15 is 0 Å². The van der Waals surface area contributed by atoms with E-state index < -0.39 is 26.6 Å². The van der Waals surface area contributed by atoms with Crippen LogP contribution in [0.5, 0.6) is 0 Å². The van der Waals surface area contributed by atoms with Crippen molar-refractivity contribution in [3.63, 3.8) is 0 Å². The van der Waals surface area contributed by atoms with Gasteiger partial charge >= 0.3 is 10.8 Å². The second kappa shape index (κ2) is 10.7. The molecule has 0 bridgehead atoms. The third-order valence-electron chi connectivity index (χ3n) is 5.53. The first kappa shape index (κ1) is 25.8. The summed E-state index contributed by atoms with van der Waals surface area (Å²) in [5.74, 6) is 0.965. The second-order valence-electron chi connectivity index (χ2n) is 7.96. The summed E-state index contributed by atoms with van der Waals surface area (Å²) in [6, 6.07) is 7.65. The van der Waals surface area contributed by atoms with E-state index in [4.69, 9.17) is 9.29 Å². The van der Waals surface area contributed by atoms with Crippen molar-refractivity contribution >= 4 is 44.1 Å². The summed E-state index contributed by atoms with van der Waals surface area (Å²) >= 11 is 0. The number of aromatic carboxylic acids is 1. The number of hydrogen-bond acceptors (Lipinski definition) is 9. The molecule has 4 rings (SSSR count). The SMILES string of the molecule is CC[s+]1c(C(=O)O)c(C)[nH]c1=Nc1nc(NCc2ccc(S(=O)(=O)O)cc2)cc(N2CCOCC2)n1. The van der Waals surface area contributed by atoms with Gasteiger partial charge in [0.15, 0.2) is 0 Å². The van der Waals surface area contributed by atoms with Gasteiger partial charge in [0.05, 0.1) is 23.8 Å². The molecular formula is C22H27N6O6S2+. The molecule has 1 fully saturated rings. The van der Waals surface area contributed by atoms with Crippen LogP contribution >= 0.6 is 10.5 Å². The minimum absolute atomic E-state index is 0.180. The van der Waals surface area contributed by atoms with Crippen LogP contribution in [0, 0.1) is 6.92 Å². The molecule has 1 atom stereocenters. The van der Waals surface area contributed by atoms with Gasteiger partial charge in [-0.3, -0.25) is 9.54 Å². The van der Waals surface area contributed by atoms with Crippen LogP contribution in [0.1, 0.15) is 27.9 Å². The van der Waals surface area contributed by atoms with Crippen molar-refractivity contribution in [2.24, 2.45) is 4.99 Å². The maximum Gasteiger partial charge on any atom is 0.391 e. The quantitative estimate of drug-likeness (QED) is 0.248. The van der Waals surface area contributed by atoms with Crippen LogP contribution in [0.15, 0.2) is 40.2 Å². The first-order chi connectivity index (χ1) is 17.2. The Kier molecular flexibility index (Phi) is 7.68. The monoisotopic (exact) mass is 535 g/mol. The topological polar surface area (TPSA) is 170 Å². The molecule has 0 aliphatic carbocycles. The molecule has 0 saturated carbocycles. The molecule has 2 aromatic heterocycles. The molecule has 192 valence electrons. The van der Waals surface area contributed by atoms with Gasteiger partial charge in [-0.05, 0) is 31.5 Å². The Labute approximate surface area is 210 Å². The minimum atomic E-state index is -4.26. The molecule has 1 aliphatic heterocycles. The molecule has 1 aliphatic rings. The largest absolute Gasteiger partial charge is 0.474 e. The lowest BCUT2D eigenvalue weighted by atomic mass is 10.2. The number of carboxylic acid groups (broad SMARTS) is 1. The lowest BCUT2D eigenvalue weighted by molar-refractivity contribution is 0.0700. The number of aromatic nitrogens is 3. The van der Waals surface area contributed by atoms with Crippen molar-refractivity contribution in [2.75, 3.05) is 36.5 Å². The predicted octanol–water partition coefficient (Wildman–Crippen LogP) is 2.51. The molecular weight excluding hydrogens is 508 g/mol. The number of benzene rings is 1. The lowest BCUT2D eigenvalue weighted by Crippen LogP contribution is -2.36. The summed E-state index contributed by atoms with van der Waals surface area (Å²) in [5, 5.41) is 12.8. The van der Waals surface area contributed by atoms with Gasteiger partial charge in [-0.2, -0.15) is 18.4 Å². The van der Waals surface area contributed by atoms with Gasteiger partial charge < -0.3 is 20.1 Å². The van der Waals surface area contributed by atoms with Crippen molar-refractivity contribution in [1.82, 2.24) is 15.0 Å². The van der Waals surface area contributed by atoms with E-state index in [0.29, 0.717) is 65.6 Å². The molecule has 1 saturated heterocycles. The molecule has 1 aromatic carbocycles. The van der Waals surface area contributed by atoms with Gasteiger partial charge in [-0.15, -0.1) is 4.99 Å². The van der Waals surface area contributed by atoms with Crippen molar-refractivity contribution in [3.8, 4) is 0 Å². The molecule has 0 amide bonds. The Morgan fingerprint density at radius 3 is 2.56 bits per heavy atom. The number of rotatable bonds is 8. The number of nitrogens with zero attached hydrogens (tertiary/aromatic N) is 4. The van der Waals surface area contributed by atoms with E-state index in [9.17, 15) is 18.3 Å². The van der Waals surface area contributed by atoms with Crippen molar-refractivity contribution < 1.29 is 27.6 Å². The number of thiazole rings is 1. The Morgan fingerprint density at radius 1 is 1.25 bits per heavy atom. The third kappa shape index (κ3) is 5.90. The number of anilines is 2. The first-order valence-corrected chi connectivity index (χ1v) is 14.0. The number of carbonyl (C=O) groups is 1. The summed E-state index contributed by atoms with van der Waals surface area (Å²) < 4.78 is 37.1. The van der Waals surface area contributed by atoms with Crippen LogP contribution in [0.4, 0.5) is 17.6 Å². The minimum Gasteiger partial charge on any atom is -0.474 e. The molecule has 3 aromatic rings. The molecule has 0 radical (unpaired) electrons. The zero-order valence-corrected chi connectivity index (χ0v) is 21.4. The van der Waals surface area contributed by atoms with Gasteiger partial charge in [0.2, 0.25) is 0 Å². The van der Waals surface area contributed by atoms with Crippen LogP contribution in [0.2, 0.25) is 0 Å². The third-order valence-corrected chi connectivity index (χ3v) is 8.61. The summed E-state index contributed by atoms with van der Waals surface area (Å²) in [4.78, 5) is 31.3. The molecule has 36 heavy (non-hydrogen) atoms. The number of H-pyrrole nitrogens is 1. The molecule has 0 spiro atoms. The van der Waals surface area contributed by atoms with E-state index in [-0.39, 0.29) is 10.8 Å². The smallest absolute Gasteiger partial charge is 0.391 e. The van der Waals surface area contributed by atoms with E-state index in [0.717, 1.165) is 5.56 Å². The van der Waals surface area contributed by atoms with E-state index in [2.05, 4.69) is 30.2 Å². The van der Waals surface area contributed by atoms with Crippen LogP contribution in [-0.4, -0.2) is 65.3 Å². The van der Waals surface area contributed by atoms with Gasteiger partial charge in [-0.25, -0.2) is 4.79 Å². The van der Waals surface area contributed by atoms with Crippen molar-refractivity contribution in [3.05, 3.63) is 51.3 Å². The first-order valence-electron chi connectivity index (χ1n) is 11.2. The van der Waals surface area contributed by atoms with Crippen LogP contribution in [0.25, 0.3) is 0 Å². The number of carboxylic acids is 1. The summed E-state index contributed by atoms with van der Waals surface area (Å²) in [5.41, 5.74) is 1.33. The van der Waals surface area contributed by atoms with Crippen LogP contribution in [0.3, 0.4) is 0 Å². The number of morpholine rings is 1.